The zero-order chi connectivity index (χ0) is 19.6. The van der Waals surface area contributed by atoms with Crippen molar-refractivity contribution >= 4 is 28.9 Å². The van der Waals surface area contributed by atoms with Crippen molar-refractivity contribution in [1.82, 2.24) is 9.78 Å². The van der Waals surface area contributed by atoms with Gasteiger partial charge in [0.1, 0.15) is 5.75 Å². The SMILES string of the molecule is Cc1c(Cl)c(C(F)(F)F)nn1CCC(=O)Nc1cc([N+](=O)[O-])ccc1O. The third-order valence-corrected chi connectivity index (χ3v) is 3.87. The molecule has 0 bridgehead atoms. The molecule has 0 unspecified atom stereocenters. The molecule has 8 nitrogen and oxygen atoms in total. The molecule has 0 aliphatic carbocycles. The molecule has 0 saturated carbocycles. The number of nitrogens with zero attached hydrogens (tertiary/aromatic N) is 3. The number of carbonyl (C=O) groups is 1. The number of non-ortho nitro benzene ring substituents is 1. The fraction of sp³-hybridized carbons (Fsp3) is 0.286. The molecule has 1 heterocycles. The van der Waals surface area contributed by atoms with Crippen molar-refractivity contribution in [3.05, 3.63) is 44.7 Å². The third kappa shape index (κ3) is 4.23. The van der Waals surface area contributed by atoms with E-state index in [1.165, 1.54) is 6.92 Å². The number of alkyl halides is 3. The van der Waals surface area contributed by atoms with Gasteiger partial charge >= 0.3 is 6.18 Å². The fourth-order valence-electron chi connectivity index (χ4n) is 2.08. The van der Waals surface area contributed by atoms with Crippen molar-refractivity contribution in [1.29, 1.82) is 0 Å². The van der Waals surface area contributed by atoms with Crippen molar-refractivity contribution in [2.24, 2.45) is 0 Å². The van der Waals surface area contributed by atoms with E-state index in [1.807, 2.05) is 0 Å². The van der Waals surface area contributed by atoms with E-state index in [0.29, 0.717) is 0 Å². The Bertz CT molecular complexity index is 867. The van der Waals surface area contributed by atoms with Gasteiger partial charge < -0.3 is 10.4 Å². The van der Waals surface area contributed by atoms with E-state index in [4.69, 9.17) is 11.6 Å². The largest absolute Gasteiger partial charge is 0.506 e. The van der Waals surface area contributed by atoms with Gasteiger partial charge in [-0.25, -0.2) is 0 Å². The number of anilines is 1. The van der Waals surface area contributed by atoms with Crippen LogP contribution in [0.3, 0.4) is 0 Å². The van der Waals surface area contributed by atoms with Gasteiger partial charge in [0.2, 0.25) is 5.91 Å². The number of hydrogen-bond acceptors (Lipinski definition) is 5. The number of halogens is 4. The highest BCUT2D eigenvalue weighted by molar-refractivity contribution is 6.31. The van der Waals surface area contributed by atoms with Gasteiger partial charge in [-0.2, -0.15) is 18.3 Å². The molecule has 1 aromatic carbocycles. The van der Waals surface area contributed by atoms with E-state index in [2.05, 4.69) is 10.4 Å². The van der Waals surface area contributed by atoms with Gasteiger partial charge in [-0.1, -0.05) is 11.6 Å². The summed E-state index contributed by atoms with van der Waals surface area (Å²) < 4.78 is 39.2. The molecule has 1 amide bonds. The number of phenols is 1. The lowest BCUT2D eigenvalue weighted by molar-refractivity contribution is -0.384. The van der Waals surface area contributed by atoms with Crippen LogP contribution in [-0.2, 0) is 17.5 Å². The van der Waals surface area contributed by atoms with Crippen molar-refractivity contribution in [2.75, 3.05) is 5.32 Å². The number of rotatable bonds is 5. The number of nitro benzene ring substituents is 1. The van der Waals surface area contributed by atoms with Gasteiger partial charge in [0.05, 0.1) is 27.9 Å². The summed E-state index contributed by atoms with van der Waals surface area (Å²) in [4.78, 5) is 21.9. The Kier molecular flexibility index (Phi) is 5.40. The molecular formula is C14H12ClF3N4O4. The second-order valence-corrected chi connectivity index (χ2v) is 5.60. The Balaban J connectivity index is 2.09. The monoisotopic (exact) mass is 392 g/mol. The summed E-state index contributed by atoms with van der Waals surface area (Å²) in [6.07, 6.45) is -5.01. The molecule has 26 heavy (non-hydrogen) atoms. The van der Waals surface area contributed by atoms with E-state index in [-0.39, 0.29) is 35.8 Å². The fourth-order valence-corrected chi connectivity index (χ4v) is 2.32. The minimum atomic E-state index is -4.72. The summed E-state index contributed by atoms with van der Waals surface area (Å²) in [7, 11) is 0. The first-order chi connectivity index (χ1) is 12.0. The van der Waals surface area contributed by atoms with Gasteiger partial charge in [-0.05, 0) is 13.0 Å². The van der Waals surface area contributed by atoms with Crippen LogP contribution in [-0.4, -0.2) is 25.7 Å². The Morgan fingerprint density at radius 1 is 1.46 bits per heavy atom. The molecule has 140 valence electrons. The summed E-state index contributed by atoms with van der Waals surface area (Å²) in [6.45, 7) is 1.12. The molecule has 0 aliphatic rings. The topological polar surface area (TPSA) is 110 Å². The summed E-state index contributed by atoms with van der Waals surface area (Å²) >= 11 is 5.61. The molecule has 2 aromatic rings. The van der Waals surface area contributed by atoms with Crippen LogP contribution in [0.1, 0.15) is 17.8 Å². The highest BCUT2D eigenvalue weighted by Gasteiger charge is 2.38. The zero-order valence-electron chi connectivity index (χ0n) is 13.2. The Morgan fingerprint density at radius 3 is 2.65 bits per heavy atom. The second kappa shape index (κ2) is 7.20. The molecule has 0 spiro atoms. The van der Waals surface area contributed by atoms with Gasteiger partial charge in [0, 0.05) is 18.6 Å². The van der Waals surface area contributed by atoms with Crippen LogP contribution >= 0.6 is 11.6 Å². The number of carbonyl (C=O) groups excluding carboxylic acids is 1. The van der Waals surface area contributed by atoms with Crippen LogP contribution in [0.5, 0.6) is 5.75 Å². The third-order valence-electron chi connectivity index (χ3n) is 3.42. The normalized spacial score (nSPS) is 11.4. The van der Waals surface area contributed by atoms with Crippen molar-refractivity contribution in [3.8, 4) is 5.75 Å². The van der Waals surface area contributed by atoms with Crippen LogP contribution < -0.4 is 5.32 Å². The predicted molar refractivity (Wildman–Crippen MR) is 85.0 cm³/mol. The average Bonchev–Trinajstić information content (AvgIpc) is 2.83. The van der Waals surface area contributed by atoms with Gasteiger partial charge in [-0.3, -0.25) is 19.6 Å². The highest BCUT2D eigenvalue weighted by atomic mass is 35.5. The maximum absolute atomic E-state index is 12.8. The summed E-state index contributed by atoms with van der Waals surface area (Å²) in [5.74, 6) is -1.07. The standard InChI is InChI=1S/C14H12ClF3N4O4/c1-7-12(15)13(14(16,17)18)20-21(7)5-4-11(24)19-9-6-8(22(25)26)2-3-10(9)23/h2-3,6,23H,4-5H2,1H3,(H,19,24). The highest BCUT2D eigenvalue weighted by Crippen LogP contribution is 2.35. The molecule has 0 aliphatic heterocycles. The maximum Gasteiger partial charge on any atom is 0.436 e. The van der Waals surface area contributed by atoms with E-state index in [0.717, 1.165) is 22.9 Å². The molecule has 12 heteroatoms. The van der Waals surface area contributed by atoms with Gasteiger partial charge in [-0.15, -0.1) is 0 Å². The van der Waals surface area contributed by atoms with Crippen LogP contribution in [0.25, 0.3) is 0 Å². The first kappa shape index (κ1) is 19.5. The number of benzene rings is 1. The molecule has 0 fully saturated rings. The van der Waals surface area contributed by atoms with E-state index >= 15 is 0 Å². The molecule has 2 rings (SSSR count). The van der Waals surface area contributed by atoms with Crippen LogP contribution in [0, 0.1) is 17.0 Å². The smallest absolute Gasteiger partial charge is 0.436 e. The Hall–Kier alpha value is -2.82. The number of nitrogens with one attached hydrogen (secondary N) is 1. The number of aryl methyl sites for hydroxylation is 1. The second-order valence-electron chi connectivity index (χ2n) is 5.23. The quantitative estimate of drug-likeness (QED) is 0.459. The lowest BCUT2D eigenvalue weighted by Gasteiger charge is -2.08. The van der Waals surface area contributed by atoms with Gasteiger partial charge in [0.25, 0.3) is 5.69 Å². The van der Waals surface area contributed by atoms with Crippen molar-refractivity contribution in [3.63, 3.8) is 0 Å². The summed E-state index contributed by atoms with van der Waals surface area (Å²) in [6, 6.07) is 3.06. The van der Waals surface area contributed by atoms with Gasteiger partial charge in [0.15, 0.2) is 5.69 Å². The number of nitro groups is 1. The maximum atomic E-state index is 12.8. The zero-order valence-corrected chi connectivity index (χ0v) is 13.9. The van der Waals surface area contributed by atoms with E-state index in [1.54, 1.807) is 0 Å². The van der Waals surface area contributed by atoms with Crippen LogP contribution in [0.4, 0.5) is 24.5 Å². The lowest BCUT2D eigenvalue weighted by atomic mass is 10.2. The predicted octanol–water partition coefficient (Wildman–Crippen LogP) is 3.51. The van der Waals surface area contributed by atoms with Crippen molar-refractivity contribution in [2.45, 2.75) is 26.1 Å². The average molecular weight is 393 g/mol. The Labute approximate surface area is 149 Å². The number of hydrogen-bond donors (Lipinski definition) is 2. The number of aromatic hydroxyl groups is 1. The molecule has 0 saturated heterocycles. The number of aromatic nitrogens is 2. The summed E-state index contributed by atoms with van der Waals surface area (Å²) in [5, 5.41) is 25.4. The minimum Gasteiger partial charge on any atom is -0.506 e. The van der Waals surface area contributed by atoms with Crippen molar-refractivity contribution < 1.29 is 28.0 Å². The molecule has 0 radical (unpaired) electrons. The molecule has 2 N–H and O–H groups in total. The first-order valence-corrected chi connectivity index (χ1v) is 7.46. The first-order valence-electron chi connectivity index (χ1n) is 7.08. The molecule has 1 aromatic heterocycles. The van der Waals surface area contributed by atoms with E-state index < -0.39 is 27.7 Å². The lowest BCUT2D eigenvalue weighted by Crippen LogP contribution is -2.16. The van der Waals surface area contributed by atoms with Crippen LogP contribution in [0.15, 0.2) is 18.2 Å². The number of amides is 1. The number of phenolic OH excluding ortho intramolecular Hbond substituents is 1. The van der Waals surface area contributed by atoms with E-state index in [9.17, 15) is 33.2 Å². The van der Waals surface area contributed by atoms with Crippen LogP contribution in [0.2, 0.25) is 5.02 Å². The molecule has 0 atom stereocenters. The minimum absolute atomic E-state index is 0.0463. The Morgan fingerprint density at radius 2 is 2.12 bits per heavy atom. The summed E-state index contributed by atoms with van der Waals surface area (Å²) in [5.41, 5.74) is -1.73. The molecular weight excluding hydrogens is 381 g/mol.